The second-order valence-electron chi connectivity index (χ2n) is 5.40. The normalized spacial score (nSPS) is 11.0. The Balaban J connectivity index is 1.91. The van der Waals surface area contributed by atoms with Gasteiger partial charge in [-0.05, 0) is 49.4 Å². The van der Waals surface area contributed by atoms with Gasteiger partial charge in [-0.15, -0.1) is 0 Å². The standard InChI is InChI=1S/C18H18ClN3O4/c1-11(9-17(24)20-13-4-6-14(26-2)7-5-13)21-22-18(25)15-10-12(19)3-8-16(15)23/h3-8,10,23H,9H2,1-2H3,(H,20,24)(H,22,25)/b21-11+. The number of carbonyl (C=O) groups excluding carboxylic acids is 2. The van der Waals surface area contributed by atoms with Gasteiger partial charge in [-0.1, -0.05) is 11.6 Å². The predicted octanol–water partition coefficient (Wildman–Crippen LogP) is 3.19. The zero-order valence-corrected chi connectivity index (χ0v) is 15.0. The van der Waals surface area contributed by atoms with E-state index in [1.165, 1.54) is 18.2 Å². The molecular weight excluding hydrogens is 358 g/mol. The summed E-state index contributed by atoms with van der Waals surface area (Å²) in [7, 11) is 1.56. The molecule has 0 aliphatic heterocycles. The highest BCUT2D eigenvalue weighted by molar-refractivity contribution is 6.31. The van der Waals surface area contributed by atoms with Crippen molar-refractivity contribution in [2.75, 3.05) is 12.4 Å². The second kappa shape index (κ2) is 8.87. The molecule has 0 unspecified atom stereocenters. The van der Waals surface area contributed by atoms with E-state index in [4.69, 9.17) is 16.3 Å². The Morgan fingerprint density at radius 3 is 2.54 bits per heavy atom. The van der Waals surface area contributed by atoms with E-state index >= 15 is 0 Å². The average Bonchev–Trinajstić information content (AvgIpc) is 2.62. The van der Waals surface area contributed by atoms with Crippen molar-refractivity contribution >= 4 is 34.8 Å². The molecule has 2 aromatic rings. The SMILES string of the molecule is COc1ccc(NC(=O)C/C(C)=N/NC(=O)c2cc(Cl)ccc2O)cc1. The van der Waals surface area contributed by atoms with Crippen LogP contribution in [0, 0.1) is 0 Å². The van der Waals surface area contributed by atoms with Crippen LogP contribution < -0.4 is 15.5 Å². The van der Waals surface area contributed by atoms with E-state index < -0.39 is 5.91 Å². The van der Waals surface area contributed by atoms with Crippen molar-refractivity contribution in [3.8, 4) is 11.5 Å². The van der Waals surface area contributed by atoms with E-state index in [2.05, 4.69) is 15.8 Å². The van der Waals surface area contributed by atoms with Crippen molar-refractivity contribution in [2.24, 2.45) is 5.10 Å². The molecule has 0 spiro atoms. The number of ether oxygens (including phenoxy) is 1. The number of hydrazone groups is 1. The molecule has 0 fully saturated rings. The van der Waals surface area contributed by atoms with Gasteiger partial charge in [0.2, 0.25) is 5.91 Å². The molecule has 0 aromatic heterocycles. The Hall–Kier alpha value is -3.06. The number of hydrogen-bond acceptors (Lipinski definition) is 5. The fourth-order valence-corrected chi connectivity index (χ4v) is 2.22. The van der Waals surface area contributed by atoms with Gasteiger partial charge in [-0.25, -0.2) is 5.43 Å². The minimum atomic E-state index is -0.625. The highest BCUT2D eigenvalue weighted by atomic mass is 35.5. The Morgan fingerprint density at radius 2 is 1.88 bits per heavy atom. The van der Waals surface area contributed by atoms with Crippen LogP contribution in [0.2, 0.25) is 5.02 Å². The third-order valence-electron chi connectivity index (χ3n) is 3.34. The number of anilines is 1. The molecule has 3 N–H and O–H groups in total. The van der Waals surface area contributed by atoms with Crippen molar-refractivity contribution in [1.82, 2.24) is 5.43 Å². The molecule has 136 valence electrons. The van der Waals surface area contributed by atoms with Crippen molar-refractivity contribution in [1.29, 1.82) is 0 Å². The summed E-state index contributed by atoms with van der Waals surface area (Å²) in [5, 5.41) is 16.6. The number of rotatable bonds is 6. The molecule has 26 heavy (non-hydrogen) atoms. The highest BCUT2D eigenvalue weighted by Crippen LogP contribution is 2.21. The van der Waals surface area contributed by atoms with Gasteiger partial charge in [-0.2, -0.15) is 5.10 Å². The summed E-state index contributed by atoms with van der Waals surface area (Å²) in [6, 6.07) is 11.0. The molecule has 0 saturated heterocycles. The van der Waals surface area contributed by atoms with Gasteiger partial charge < -0.3 is 15.2 Å². The van der Waals surface area contributed by atoms with E-state index in [1.54, 1.807) is 38.3 Å². The van der Waals surface area contributed by atoms with Gasteiger partial charge in [0.15, 0.2) is 0 Å². The first kappa shape index (κ1) is 19.3. The lowest BCUT2D eigenvalue weighted by atomic mass is 10.2. The van der Waals surface area contributed by atoms with Crippen LogP contribution >= 0.6 is 11.6 Å². The summed E-state index contributed by atoms with van der Waals surface area (Å²) in [6.07, 6.45) is -0.00611. The number of halogens is 1. The van der Waals surface area contributed by atoms with Crippen molar-refractivity contribution < 1.29 is 19.4 Å². The maximum absolute atomic E-state index is 12.0. The number of benzene rings is 2. The van der Waals surface area contributed by atoms with Crippen molar-refractivity contribution in [2.45, 2.75) is 13.3 Å². The van der Waals surface area contributed by atoms with Gasteiger partial charge in [0.1, 0.15) is 11.5 Å². The average molecular weight is 376 g/mol. The largest absolute Gasteiger partial charge is 0.507 e. The number of nitrogens with one attached hydrogen (secondary N) is 2. The van der Waals surface area contributed by atoms with Crippen LogP contribution in [0.4, 0.5) is 5.69 Å². The summed E-state index contributed by atoms with van der Waals surface area (Å²) < 4.78 is 5.05. The summed E-state index contributed by atoms with van der Waals surface area (Å²) >= 11 is 5.80. The Kier molecular flexibility index (Phi) is 6.57. The number of nitrogens with zero attached hydrogens (tertiary/aromatic N) is 1. The van der Waals surface area contributed by atoms with Crippen molar-refractivity contribution in [3.05, 3.63) is 53.1 Å². The first-order chi connectivity index (χ1) is 12.4. The van der Waals surface area contributed by atoms with Crippen LogP contribution in [0.5, 0.6) is 11.5 Å². The van der Waals surface area contributed by atoms with Gasteiger partial charge >= 0.3 is 0 Å². The van der Waals surface area contributed by atoms with E-state index in [0.717, 1.165) is 0 Å². The first-order valence-corrected chi connectivity index (χ1v) is 8.02. The first-order valence-electron chi connectivity index (χ1n) is 7.65. The van der Waals surface area contributed by atoms with Gasteiger partial charge in [0, 0.05) is 16.4 Å². The lowest BCUT2D eigenvalue weighted by Crippen LogP contribution is -2.21. The summed E-state index contributed by atoms with van der Waals surface area (Å²) in [6.45, 7) is 1.60. The number of phenolic OH excluding ortho intramolecular Hbond substituents is 1. The molecule has 0 saturated carbocycles. The quantitative estimate of drug-likeness (QED) is 0.533. The molecule has 0 bridgehead atoms. The molecule has 0 aliphatic rings. The number of aromatic hydroxyl groups is 1. The van der Waals surface area contributed by atoms with E-state index in [9.17, 15) is 14.7 Å². The summed E-state index contributed by atoms with van der Waals surface area (Å²) in [4.78, 5) is 24.0. The number of carbonyl (C=O) groups is 2. The van der Waals surface area contributed by atoms with Crippen LogP contribution in [-0.2, 0) is 4.79 Å². The molecule has 8 heteroatoms. The summed E-state index contributed by atoms with van der Waals surface area (Å²) in [5.41, 5.74) is 3.30. The molecule has 2 rings (SSSR count). The molecular formula is C18H18ClN3O4. The topological polar surface area (TPSA) is 100 Å². The van der Waals surface area contributed by atoms with Gasteiger partial charge in [-0.3, -0.25) is 9.59 Å². The van der Waals surface area contributed by atoms with Crippen LogP contribution in [0.25, 0.3) is 0 Å². The number of hydrogen-bond donors (Lipinski definition) is 3. The zero-order chi connectivity index (χ0) is 19.1. The minimum Gasteiger partial charge on any atom is -0.507 e. The molecule has 0 heterocycles. The van der Waals surface area contributed by atoms with Gasteiger partial charge in [0.05, 0.1) is 19.1 Å². The van der Waals surface area contributed by atoms with Crippen LogP contribution in [0.3, 0.4) is 0 Å². The maximum Gasteiger partial charge on any atom is 0.275 e. The van der Waals surface area contributed by atoms with Crippen molar-refractivity contribution in [3.63, 3.8) is 0 Å². The monoisotopic (exact) mass is 375 g/mol. The Labute approximate surface area is 155 Å². The van der Waals surface area contributed by atoms with Crippen LogP contribution in [0.15, 0.2) is 47.6 Å². The van der Waals surface area contributed by atoms with E-state index in [1.807, 2.05) is 0 Å². The van der Waals surface area contributed by atoms with E-state index in [0.29, 0.717) is 22.2 Å². The second-order valence-corrected chi connectivity index (χ2v) is 5.84. The smallest absolute Gasteiger partial charge is 0.275 e. The van der Waals surface area contributed by atoms with Crippen LogP contribution in [0.1, 0.15) is 23.7 Å². The minimum absolute atomic E-state index is 0.00302. The lowest BCUT2D eigenvalue weighted by Gasteiger charge is -2.07. The molecule has 0 atom stereocenters. The molecule has 0 aliphatic carbocycles. The third-order valence-corrected chi connectivity index (χ3v) is 3.58. The Bertz CT molecular complexity index is 835. The van der Waals surface area contributed by atoms with Crippen LogP contribution in [-0.4, -0.2) is 29.7 Å². The van der Waals surface area contributed by atoms with Gasteiger partial charge in [0.25, 0.3) is 5.91 Å². The third kappa shape index (κ3) is 5.49. The Morgan fingerprint density at radius 1 is 1.19 bits per heavy atom. The molecule has 0 radical (unpaired) electrons. The fraction of sp³-hybridized carbons (Fsp3) is 0.167. The molecule has 2 aromatic carbocycles. The summed E-state index contributed by atoms with van der Waals surface area (Å²) in [5.74, 6) is -0.430. The number of phenols is 1. The zero-order valence-electron chi connectivity index (χ0n) is 14.2. The fourth-order valence-electron chi connectivity index (χ4n) is 2.05. The maximum atomic E-state index is 12.0. The number of amides is 2. The molecule has 2 amide bonds. The molecule has 7 nitrogen and oxygen atoms in total. The predicted molar refractivity (Wildman–Crippen MR) is 99.9 cm³/mol. The van der Waals surface area contributed by atoms with E-state index in [-0.39, 0.29) is 23.6 Å². The lowest BCUT2D eigenvalue weighted by molar-refractivity contribution is -0.115. The highest BCUT2D eigenvalue weighted by Gasteiger charge is 2.12. The number of methoxy groups -OCH3 is 1.